The van der Waals surface area contributed by atoms with Crippen LogP contribution in [-0.2, 0) is 0 Å². The molecule has 2 unspecified atom stereocenters. The fraction of sp³-hybridized carbons (Fsp3) is 0.353. The molecule has 2 saturated heterocycles. The van der Waals surface area contributed by atoms with Crippen molar-refractivity contribution in [3.63, 3.8) is 0 Å². The Kier molecular flexibility index (Phi) is 3.55. The van der Waals surface area contributed by atoms with Gasteiger partial charge in [0.1, 0.15) is 0 Å². The second-order valence-electron chi connectivity index (χ2n) is 6.16. The zero-order valence-electron chi connectivity index (χ0n) is 12.8. The van der Waals surface area contributed by atoms with Crippen LogP contribution in [0, 0.1) is 5.82 Å². The molecule has 24 heavy (non-hydrogen) atoms. The third-order valence-corrected chi connectivity index (χ3v) is 4.84. The molecule has 0 saturated carbocycles. The number of halogens is 1. The van der Waals surface area contributed by atoms with E-state index in [0.717, 1.165) is 19.0 Å². The van der Waals surface area contributed by atoms with Gasteiger partial charge >= 0.3 is 0 Å². The van der Waals surface area contributed by atoms with Gasteiger partial charge in [0.2, 0.25) is 0 Å². The summed E-state index contributed by atoms with van der Waals surface area (Å²) in [6.45, 7) is 0. The van der Waals surface area contributed by atoms with Gasteiger partial charge in [-0.15, -0.1) is 0 Å². The SMILES string of the molecule is O=C(N[C@H]1CC2CCC1N2C(=O)c1ccncc1F)c1ccco1. The zero-order chi connectivity index (χ0) is 16.7. The highest BCUT2D eigenvalue weighted by Crippen LogP contribution is 2.39. The molecule has 3 atom stereocenters. The van der Waals surface area contributed by atoms with Gasteiger partial charge in [-0.2, -0.15) is 0 Å². The van der Waals surface area contributed by atoms with Gasteiger partial charge in [0.05, 0.1) is 30.1 Å². The molecule has 2 bridgehead atoms. The van der Waals surface area contributed by atoms with Gasteiger partial charge in [-0.3, -0.25) is 14.6 Å². The maximum atomic E-state index is 13.9. The molecule has 124 valence electrons. The summed E-state index contributed by atoms with van der Waals surface area (Å²) in [4.78, 5) is 30.3. The van der Waals surface area contributed by atoms with Gasteiger partial charge < -0.3 is 14.6 Å². The zero-order valence-corrected chi connectivity index (χ0v) is 12.8. The van der Waals surface area contributed by atoms with E-state index in [2.05, 4.69) is 10.3 Å². The van der Waals surface area contributed by atoms with Crippen LogP contribution >= 0.6 is 0 Å². The Balaban J connectivity index is 1.52. The molecule has 4 rings (SSSR count). The lowest BCUT2D eigenvalue weighted by Crippen LogP contribution is -2.45. The molecule has 2 aliphatic heterocycles. The van der Waals surface area contributed by atoms with Gasteiger partial charge in [-0.25, -0.2) is 4.39 Å². The summed E-state index contributed by atoms with van der Waals surface area (Å²) in [6.07, 6.45) is 6.24. The lowest BCUT2D eigenvalue weighted by atomic mass is 9.95. The van der Waals surface area contributed by atoms with E-state index in [1.165, 1.54) is 18.5 Å². The third-order valence-electron chi connectivity index (χ3n) is 4.84. The summed E-state index contributed by atoms with van der Waals surface area (Å²) < 4.78 is 19.0. The monoisotopic (exact) mass is 329 g/mol. The topological polar surface area (TPSA) is 75.4 Å². The van der Waals surface area contributed by atoms with Gasteiger partial charge in [-0.1, -0.05) is 0 Å². The predicted octanol–water partition coefficient (Wildman–Crippen LogP) is 1.99. The van der Waals surface area contributed by atoms with Crippen LogP contribution in [0.5, 0.6) is 0 Å². The largest absolute Gasteiger partial charge is 0.459 e. The molecule has 6 nitrogen and oxygen atoms in total. The lowest BCUT2D eigenvalue weighted by molar-refractivity contribution is 0.0710. The summed E-state index contributed by atoms with van der Waals surface area (Å²) in [5, 5.41) is 2.93. The molecule has 1 N–H and O–H groups in total. The molecular formula is C17H16FN3O3. The molecule has 7 heteroatoms. The number of aromatic nitrogens is 1. The van der Waals surface area contributed by atoms with Crippen molar-refractivity contribution in [2.24, 2.45) is 0 Å². The average Bonchev–Trinajstić information content (AvgIpc) is 3.30. The Morgan fingerprint density at radius 1 is 1.33 bits per heavy atom. The fourth-order valence-electron chi connectivity index (χ4n) is 3.80. The second-order valence-corrected chi connectivity index (χ2v) is 6.16. The van der Waals surface area contributed by atoms with E-state index in [1.54, 1.807) is 17.0 Å². The molecule has 2 aromatic heterocycles. The highest BCUT2D eigenvalue weighted by molar-refractivity contribution is 5.95. The van der Waals surface area contributed by atoms with Gasteiger partial charge in [0, 0.05) is 12.2 Å². The number of amides is 2. The van der Waals surface area contributed by atoms with E-state index in [4.69, 9.17) is 4.42 Å². The molecule has 4 heterocycles. The van der Waals surface area contributed by atoms with Crippen LogP contribution in [0.25, 0.3) is 0 Å². The molecular weight excluding hydrogens is 313 g/mol. The van der Waals surface area contributed by atoms with Crippen LogP contribution in [-0.4, -0.2) is 39.8 Å². The van der Waals surface area contributed by atoms with Gasteiger partial charge in [0.15, 0.2) is 11.6 Å². The summed E-state index contributed by atoms with van der Waals surface area (Å²) in [5.74, 6) is -1.00. The Labute approximate surface area is 137 Å². The Bertz CT molecular complexity index is 777. The van der Waals surface area contributed by atoms with E-state index < -0.39 is 5.82 Å². The highest BCUT2D eigenvalue weighted by atomic mass is 19.1. The number of hydrogen-bond acceptors (Lipinski definition) is 4. The Hall–Kier alpha value is -2.70. The van der Waals surface area contributed by atoms with Crippen LogP contribution in [0.15, 0.2) is 41.3 Å². The molecule has 2 aromatic rings. The normalized spacial score (nSPS) is 25.0. The fourth-order valence-corrected chi connectivity index (χ4v) is 3.80. The smallest absolute Gasteiger partial charge is 0.287 e. The first-order valence-corrected chi connectivity index (χ1v) is 7.91. The first-order valence-electron chi connectivity index (χ1n) is 7.91. The number of furan rings is 1. The van der Waals surface area contributed by atoms with E-state index in [1.807, 2.05) is 0 Å². The maximum absolute atomic E-state index is 13.9. The van der Waals surface area contributed by atoms with Gasteiger partial charge in [0.25, 0.3) is 11.8 Å². The first-order chi connectivity index (χ1) is 11.6. The molecule has 0 radical (unpaired) electrons. The molecule has 2 fully saturated rings. The molecule has 2 aliphatic rings. The predicted molar refractivity (Wildman–Crippen MR) is 81.8 cm³/mol. The van der Waals surface area contributed by atoms with Crippen molar-refractivity contribution in [3.05, 3.63) is 54.0 Å². The van der Waals surface area contributed by atoms with E-state index in [-0.39, 0.29) is 41.3 Å². The van der Waals surface area contributed by atoms with E-state index in [0.29, 0.717) is 6.42 Å². The number of nitrogens with zero attached hydrogens (tertiary/aromatic N) is 2. The number of carbonyl (C=O) groups is 2. The highest BCUT2D eigenvalue weighted by Gasteiger charge is 2.49. The molecule has 0 spiro atoms. The minimum Gasteiger partial charge on any atom is -0.459 e. The van der Waals surface area contributed by atoms with Crippen LogP contribution < -0.4 is 5.32 Å². The summed E-state index contributed by atoms with van der Waals surface area (Å²) in [6, 6.07) is 4.41. The number of rotatable bonds is 3. The van der Waals surface area contributed by atoms with Crippen molar-refractivity contribution >= 4 is 11.8 Å². The maximum Gasteiger partial charge on any atom is 0.287 e. The van der Waals surface area contributed by atoms with Crippen molar-refractivity contribution in [2.75, 3.05) is 0 Å². The van der Waals surface area contributed by atoms with Gasteiger partial charge in [-0.05, 0) is 37.5 Å². The Morgan fingerprint density at radius 3 is 2.96 bits per heavy atom. The van der Waals surface area contributed by atoms with Crippen molar-refractivity contribution in [1.29, 1.82) is 0 Å². The Morgan fingerprint density at radius 2 is 2.21 bits per heavy atom. The standard InChI is InChI=1S/C17H16FN3O3/c18-12-9-19-6-5-11(12)17(23)21-10-3-4-14(21)13(8-10)20-16(22)15-2-1-7-24-15/h1-2,5-7,9-10,13-14H,3-4,8H2,(H,20,22)/t10?,13-,14?/m0/s1. The number of hydrogen-bond donors (Lipinski definition) is 1. The minimum atomic E-state index is -0.620. The van der Waals surface area contributed by atoms with Crippen LogP contribution in [0.1, 0.15) is 40.2 Å². The third kappa shape index (κ3) is 2.36. The van der Waals surface area contributed by atoms with Crippen molar-refractivity contribution in [3.8, 4) is 0 Å². The summed E-state index contributed by atoms with van der Waals surface area (Å²) in [5.41, 5.74) is 0.0277. The minimum absolute atomic E-state index is 0.0250. The van der Waals surface area contributed by atoms with Crippen molar-refractivity contribution < 1.29 is 18.4 Å². The molecule has 2 amide bonds. The average molecular weight is 329 g/mol. The van der Waals surface area contributed by atoms with Crippen LogP contribution in [0.4, 0.5) is 4.39 Å². The molecule has 0 aliphatic carbocycles. The number of pyridine rings is 1. The van der Waals surface area contributed by atoms with Crippen LogP contribution in [0.2, 0.25) is 0 Å². The number of nitrogens with one attached hydrogen (secondary N) is 1. The number of fused-ring (bicyclic) bond motifs is 2. The van der Waals surface area contributed by atoms with E-state index in [9.17, 15) is 14.0 Å². The lowest BCUT2D eigenvalue weighted by Gasteiger charge is -2.25. The van der Waals surface area contributed by atoms with Crippen molar-refractivity contribution in [2.45, 2.75) is 37.4 Å². The quantitative estimate of drug-likeness (QED) is 0.934. The summed E-state index contributed by atoms with van der Waals surface area (Å²) in [7, 11) is 0. The van der Waals surface area contributed by atoms with Crippen molar-refractivity contribution in [1.82, 2.24) is 15.2 Å². The molecule has 0 aromatic carbocycles. The summed E-state index contributed by atoms with van der Waals surface area (Å²) >= 11 is 0. The van der Waals surface area contributed by atoms with E-state index >= 15 is 0 Å². The second kappa shape index (κ2) is 5.74. The van der Waals surface area contributed by atoms with Crippen LogP contribution in [0.3, 0.4) is 0 Å². The first kappa shape index (κ1) is 14.9. The number of carbonyl (C=O) groups excluding carboxylic acids is 2.